The van der Waals surface area contributed by atoms with Crippen LogP contribution in [-0.4, -0.2) is 65.2 Å². The number of benzene rings is 3. The van der Waals surface area contributed by atoms with Crippen molar-refractivity contribution in [3.05, 3.63) is 84.2 Å². The topological polar surface area (TPSA) is 123 Å². The number of nitrogens with one attached hydrogen (secondary N) is 2. The summed E-state index contributed by atoms with van der Waals surface area (Å²) in [4.78, 5) is 27.4. The molecule has 0 bridgehead atoms. The standard InChI is InChI=1S/C29H34FN3O7S/c1-21(29(35)31-17-4-18-38-2)33(19-22-5-11-25(39-3)12-6-22)28(34)20-40-26-13-15-27(16-14-26)41(36,37)32-24-9-7-23(30)8-10-24/h5-16,21,32H,4,17-20H2,1-3H3,(H,31,35)/t21-/m1/s1. The lowest BCUT2D eigenvalue weighted by molar-refractivity contribution is -0.142. The molecule has 0 aliphatic carbocycles. The van der Waals surface area contributed by atoms with Crippen LogP contribution in [0.15, 0.2) is 77.7 Å². The van der Waals surface area contributed by atoms with E-state index in [4.69, 9.17) is 14.2 Å². The lowest BCUT2D eigenvalue weighted by Crippen LogP contribution is -2.49. The van der Waals surface area contributed by atoms with Crippen molar-refractivity contribution in [2.45, 2.75) is 30.8 Å². The zero-order chi connectivity index (χ0) is 29.8. The van der Waals surface area contributed by atoms with Crippen molar-refractivity contribution in [2.75, 3.05) is 38.7 Å². The summed E-state index contributed by atoms with van der Waals surface area (Å²) in [7, 11) is -0.786. The van der Waals surface area contributed by atoms with Crippen LogP contribution in [0.25, 0.3) is 0 Å². The monoisotopic (exact) mass is 587 g/mol. The number of rotatable bonds is 15. The third-order valence-electron chi connectivity index (χ3n) is 6.10. The Labute approximate surface area is 239 Å². The predicted molar refractivity (Wildman–Crippen MR) is 152 cm³/mol. The van der Waals surface area contributed by atoms with Gasteiger partial charge in [0.05, 0.1) is 12.0 Å². The van der Waals surface area contributed by atoms with Crippen LogP contribution in [0.4, 0.5) is 10.1 Å². The molecule has 2 N–H and O–H groups in total. The summed E-state index contributed by atoms with van der Waals surface area (Å²) in [6, 6.07) is 16.8. The molecule has 41 heavy (non-hydrogen) atoms. The molecule has 0 spiro atoms. The van der Waals surface area contributed by atoms with E-state index in [2.05, 4.69) is 10.0 Å². The number of hydrogen-bond donors (Lipinski definition) is 2. The van der Waals surface area contributed by atoms with Crippen molar-refractivity contribution < 1.29 is 36.6 Å². The average Bonchev–Trinajstić information content (AvgIpc) is 2.98. The zero-order valence-corrected chi connectivity index (χ0v) is 23.9. The Balaban J connectivity index is 1.67. The van der Waals surface area contributed by atoms with E-state index in [1.807, 2.05) is 12.1 Å². The Morgan fingerprint density at radius 1 is 0.927 bits per heavy atom. The number of carbonyl (C=O) groups excluding carboxylic acids is 2. The van der Waals surface area contributed by atoms with Crippen LogP contribution < -0.4 is 19.5 Å². The van der Waals surface area contributed by atoms with Crippen molar-refractivity contribution in [2.24, 2.45) is 0 Å². The van der Waals surface area contributed by atoms with Crippen LogP contribution in [0.1, 0.15) is 18.9 Å². The minimum atomic E-state index is -3.92. The van der Waals surface area contributed by atoms with Gasteiger partial charge in [-0.1, -0.05) is 12.1 Å². The normalized spacial score (nSPS) is 11.8. The molecule has 0 fully saturated rings. The molecular weight excluding hydrogens is 553 g/mol. The molecule has 0 saturated carbocycles. The van der Waals surface area contributed by atoms with E-state index in [-0.39, 0.29) is 35.4 Å². The minimum Gasteiger partial charge on any atom is -0.497 e. The van der Waals surface area contributed by atoms with Crippen LogP contribution in [0.3, 0.4) is 0 Å². The van der Waals surface area contributed by atoms with Crippen LogP contribution >= 0.6 is 0 Å². The largest absolute Gasteiger partial charge is 0.497 e. The van der Waals surface area contributed by atoms with Gasteiger partial charge in [-0.05, 0) is 79.6 Å². The number of carbonyl (C=O) groups is 2. The van der Waals surface area contributed by atoms with Crippen molar-refractivity contribution in [1.82, 2.24) is 10.2 Å². The smallest absolute Gasteiger partial charge is 0.261 e. The Hall–Kier alpha value is -4.16. The van der Waals surface area contributed by atoms with Crippen LogP contribution in [-0.2, 0) is 30.9 Å². The van der Waals surface area contributed by atoms with Gasteiger partial charge in [0.15, 0.2) is 6.61 Å². The summed E-state index contributed by atoms with van der Waals surface area (Å²) in [5.74, 6) is -0.303. The van der Waals surface area contributed by atoms with Crippen molar-refractivity contribution >= 4 is 27.5 Å². The first-order valence-electron chi connectivity index (χ1n) is 12.8. The fraction of sp³-hybridized carbons (Fsp3) is 0.310. The highest BCUT2D eigenvalue weighted by atomic mass is 32.2. The molecule has 0 radical (unpaired) electrons. The quantitative estimate of drug-likeness (QED) is 0.261. The Kier molecular flexibility index (Phi) is 11.5. The SMILES string of the molecule is COCCCNC(=O)[C@@H](C)N(Cc1ccc(OC)cc1)C(=O)COc1ccc(S(=O)(=O)Nc2ccc(F)cc2)cc1. The molecule has 3 aromatic carbocycles. The van der Waals surface area contributed by atoms with Gasteiger partial charge in [0.1, 0.15) is 23.4 Å². The summed E-state index contributed by atoms with van der Waals surface area (Å²) < 4.78 is 56.7. The molecule has 3 aromatic rings. The molecule has 220 valence electrons. The van der Waals surface area contributed by atoms with Crippen LogP contribution in [0.2, 0.25) is 0 Å². The number of nitrogens with zero attached hydrogens (tertiary/aromatic N) is 1. The fourth-order valence-electron chi connectivity index (χ4n) is 3.76. The maximum absolute atomic E-state index is 13.3. The molecule has 2 amide bonds. The van der Waals surface area contributed by atoms with Gasteiger partial charge < -0.3 is 24.4 Å². The van der Waals surface area contributed by atoms with Gasteiger partial charge in [0, 0.05) is 32.5 Å². The van der Waals surface area contributed by atoms with Gasteiger partial charge in [-0.15, -0.1) is 0 Å². The molecule has 0 saturated heterocycles. The number of ether oxygens (including phenoxy) is 3. The van der Waals surface area contributed by atoms with Gasteiger partial charge in [0.2, 0.25) is 5.91 Å². The predicted octanol–water partition coefficient (Wildman–Crippen LogP) is 3.58. The highest BCUT2D eigenvalue weighted by Gasteiger charge is 2.26. The maximum atomic E-state index is 13.3. The van der Waals surface area contributed by atoms with E-state index in [0.29, 0.717) is 25.3 Å². The number of halogens is 1. The second kappa shape index (κ2) is 15.0. The first-order chi connectivity index (χ1) is 19.6. The van der Waals surface area contributed by atoms with E-state index in [9.17, 15) is 22.4 Å². The summed E-state index contributed by atoms with van der Waals surface area (Å²) in [5, 5.41) is 2.82. The molecule has 0 aliphatic heterocycles. The van der Waals surface area contributed by atoms with Crippen molar-refractivity contribution in [1.29, 1.82) is 0 Å². The third-order valence-corrected chi connectivity index (χ3v) is 7.49. The maximum Gasteiger partial charge on any atom is 0.261 e. The molecule has 12 heteroatoms. The third kappa shape index (κ3) is 9.47. The zero-order valence-electron chi connectivity index (χ0n) is 23.1. The van der Waals surface area contributed by atoms with Crippen LogP contribution in [0, 0.1) is 5.82 Å². The first kappa shape index (κ1) is 31.4. The Bertz CT molecular complexity index is 1380. The number of anilines is 1. The summed E-state index contributed by atoms with van der Waals surface area (Å²) in [6.07, 6.45) is 0.635. The van der Waals surface area contributed by atoms with Crippen molar-refractivity contribution in [3.63, 3.8) is 0 Å². The van der Waals surface area contributed by atoms with Crippen molar-refractivity contribution in [3.8, 4) is 11.5 Å². The van der Waals surface area contributed by atoms with E-state index >= 15 is 0 Å². The van der Waals surface area contributed by atoms with E-state index in [0.717, 1.165) is 17.7 Å². The number of methoxy groups -OCH3 is 2. The lowest BCUT2D eigenvalue weighted by Gasteiger charge is -2.29. The van der Waals surface area contributed by atoms with Gasteiger partial charge >= 0.3 is 0 Å². The van der Waals surface area contributed by atoms with Gasteiger partial charge in [-0.2, -0.15) is 0 Å². The molecule has 0 heterocycles. The first-order valence-corrected chi connectivity index (χ1v) is 14.3. The van der Waals surface area contributed by atoms with Crippen LogP contribution in [0.5, 0.6) is 11.5 Å². The highest BCUT2D eigenvalue weighted by molar-refractivity contribution is 7.92. The molecule has 0 aromatic heterocycles. The summed E-state index contributed by atoms with van der Waals surface area (Å²) in [5.41, 5.74) is 1.01. The summed E-state index contributed by atoms with van der Waals surface area (Å²) >= 11 is 0. The van der Waals surface area contributed by atoms with Gasteiger partial charge in [-0.25, -0.2) is 12.8 Å². The highest BCUT2D eigenvalue weighted by Crippen LogP contribution is 2.20. The molecule has 10 nitrogen and oxygen atoms in total. The van der Waals surface area contributed by atoms with E-state index < -0.39 is 27.8 Å². The lowest BCUT2D eigenvalue weighted by atomic mass is 10.1. The van der Waals surface area contributed by atoms with Gasteiger partial charge in [0.25, 0.3) is 15.9 Å². The van der Waals surface area contributed by atoms with E-state index in [1.54, 1.807) is 33.3 Å². The van der Waals surface area contributed by atoms with E-state index in [1.165, 1.54) is 41.3 Å². The summed E-state index contributed by atoms with van der Waals surface area (Å²) in [6.45, 7) is 2.33. The average molecular weight is 588 g/mol. The Morgan fingerprint density at radius 2 is 1.56 bits per heavy atom. The number of sulfonamides is 1. The molecule has 1 atom stereocenters. The molecule has 0 unspecified atom stereocenters. The fourth-order valence-corrected chi connectivity index (χ4v) is 4.82. The molecule has 3 rings (SSSR count). The second-order valence-electron chi connectivity index (χ2n) is 9.06. The minimum absolute atomic E-state index is 0.0413. The number of hydrogen-bond acceptors (Lipinski definition) is 7. The number of amides is 2. The molecule has 0 aliphatic rings. The Morgan fingerprint density at radius 3 is 2.17 bits per heavy atom. The second-order valence-corrected chi connectivity index (χ2v) is 10.7. The molecular formula is C29H34FN3O7S. The van der Waals surface area contributed by atoms with Gasteiger partial charge in [-0.3, -0.25) is 14.3 Å².